The quantitative estimate of drug-likeness (QED) is 0.727. The van der Waals surface area contributed by atoms with Crippen LogP contribution in [-0.4, -0.2) is 22.0 Å². The van der Waals surface area contributed by atoms with Gasteiger partial charge in [-0.15, -0.1) is 0 Å². The van der Waals surface area contributed by atoms with Crippen LogP contribution in [0.1, 0.15) is 31.8 Å². The third kappa shape index (κ3) is 4.21. The Labute approximate surface area is 150 Å². The van der Waals surface area contributed by atoms with E-state index >= 15 is 0 Å². The molecule has 0 spiro atoms. The van der Waals surface area contributed by atoms with Crippen molar-refractivity contribution in [1.82, 2.24) is 4.98 Å². The first-order valence-corrected chi connectivity index (χ1v) is 7.95. The van der Waals surface area contributed by atoms with Gasteiger partial charge in [-0.2, -0.15) is 0 Å². The molecular formula is C21H16N2O3. The van der Waals surface area contributed by atoms with Gasteiger partial charge in [0.2, 0.25) is 0 Å². The van der Waals surface area contributed by atoms with Crippen molar-refractivity contribution < 1.29 is 14.7 Å². The summed E-state index contributed by atoms with van der Waals surface area (Å²) in [6, 6.07) is 17.2. The summed E-state index contributed by atoms with van der Waals surface area (Å²) in [7, 11) is 0. The monoisotopic (exact) mass is 344 g/mol. The maximum absolute atomic E-state index is 12.3. The van der Waals surface area contributed by atoms with Gasteiger partial charge < -0.3 is 10.4 Å². The van der Waals surface area contributed by atoms with Crippen LogP contribution >= 0.6 is 0 Å². The number of nitrogens with one attached hydrogen (secondary N) is 1. The maximum atomic E-state index is 12.3. The van der Waals surface area contributed by atoms with Gasteiger partial charge in [0.1, 0.15) is 0 Å². The molecular weight excluding hydrogens is 328 g/mol. The number of pyridine rings is 1. The first-order chi connectivity index (χ1) is 12.6. The van der Waals surface area contributed by atoms with Gasteiger partial charge in [-0.05, 0) is 41.5 Å². The van der Waals surface area contributed by atoms with Crippen LogP contribution in [0.3, 0.4) is 0 Å². The molecule has 1 heterocycles. The fraction of sp³-hybridized carbons (Fsp3) is 0. The number of benzene rings is 2. The Morgan fingerprint density at radius 3 is 2.38 bits per heavy atom. The van der Waals surface area contributed by atoms with E-state index in [0.29, 0.717) is 5.56 Å². The highest BCUT2D eigenvalue weighted by Crippen LogP contribution is 2.21. The summed E-state index contributed by atoms with van der Waals surface area (Å²) in [5.74, 6) is -1.46. The van der Waals surface area contributed by atoms with Crippen molar-refractivity contribution in [2.24, 2.45) is 0 Å². The number of aromatic carboxylic acids is 1. The van der Waals surface area contributed by atoms with Crippen LogP contribution in [0, 0.1) is 0 Å². The number of carboxylic acid groups (broad SMARTS) is 1. The van der Waals surface area contributed by atoms with E-state index < -0.39 is 5.97 Å². The van der Waals surface area contributed by atoms with Crippen molar-refractivity contribution in [3.8, 4) is 0 Å². The molecule has 0 aliphatic heterocycles. The van der Waals surface area contributed by atoms with Crippen LogP contribution in [0.4, 0.5) is 5.69 Å². The van der Waals surface area contributed by atoms with Crippen molar-refractivity contribution in [1.29, 1.82) is 0 Å². The van der Waals surface area contributed by atoms with Crippen molar-refractivity contribution in [2.75, 3.05) is 5.32 Å². The summed E-state index contributed by atoms with van der Waals surface area (Å²) in [6.45, 7) is 0. The molecule has 0 saturated carbocycles. The topological polar surface area (TPSA) is 79.3 Å². The van der Waals surface area contributed by atoms with E-state index in [0.717, 1.165) is 11.1 Å². The summed E-state index contributed by atoms with van der Waals surface area (Å²) in [5.41, 5.74) is 2.43. The fourth-order valence-corrected chi connectivity index (χ4v) is 2.41. The van der Waals surface area contributed by atoms with Crippen molar-refractivity contribution in [2.45, 2.75) is 0 Å². The van der Waals surface area contributed by atoms with Gasteiger partial charge in [-0.1, -0.05) is 42.5 Å². The highest BCUT2D eigenvalue weighted by atomic mass is 16.4. The number of nitrogens with zero attached hydrogens (tertiary/aromatic N) is 1. The highest BCUT2D eigenvalue weighted by molar-refractivity contribution is 6.08. The van der Waals surface area contributed by atoms with E-state index in [1.54, 1.807) is 48.8 Å². The van der Waals surface area contributed by atoms with E-state index in [1.807, 2.05) is 30.4 Å². The van der Waals surface area contributed by atoms with Gasteiger partial charge in [-0.25, -0.2) is 4.79 Å². The molecule has 0 bridgehead atoms. The van der Waals surface area contributed by atoms with Crippen molar-refractivity contribution in [3.05, 3.63) is 95.3 Å². The van der Waals surface area contributed by atoms with Gasteiger partial charge in [0.05, 0.1) is 11.3 Å². The molecule has 0 radical (unpaired) electrons. The summed E-state index contributed by atoms with van der Waals surface area (Å²) < 4.78 is 0. The maximum Gasteiger partial charge on any atom is 0.337 e. The van der Waals surface area contributed by atoms with Gasteiger partial charge >= 0.3 is 5.97 Å². The Bertz CT molecular complexity index is 952. The largest absolute Gasteiger partial charge is 0.478 e. The van der Waals surface area contributed by atoms with Crippen molar-refractivity contribution in [3.63, 3.8) is 0 Å². The van der Waals surface area contributed by atoms with E-state index in [1.165, 1.54) is 6.07 Å². The fourth-order valence-electron chi connectivity index (χ4n) is 2.41. The van der Waals surface area contributed by atoms with Crippen LogP contribution in [0.25, 0.3) is 12.2 Å². The number of hydrogen-bond donors (Lipinski definition) is 2. The van der Waals surface area contributed by atoms with E-state index in [-0.39, 0.29) is 17.2 Å². The molecule has 3 rings (SSSR count). The number of hydrogen-bond acceptors (Lipinski definition) is 3. The molecule has 128 valence electrons. The lowest BCUT2D eigenvalue weighted by atomic mass is 10.1. The number of carbonyl (C=O) groups excluding carboxylic acids is 1. The third-order valence-electron chi connectivity index (χ3n) is 3.71. The molecule has 0 saturated heterocycles. The second-order valence-corrected chi connectivity index (χ2v) is 5.55. The minimum atomic E-state index is -1.10. The number of aromatic nitrogens is 1. The SMILES string of the molecule is O=C(Nc1cc(/C=C/c2cccnc2)ccc1C(=O)O)c1ccccc1. The Morgan fingerprint density at radius 2 is 1.69 bits per heavy atom. The molecule has 3 aromatic rings. The van der Waals surface area contributed by atoms with E-state index in [2.05, 4.69) is 10.3 Å². The van der Waals surface area contributed by atoms with E-state index in [9.17, 15) is 14.7 Å². The summed E-state index contributed by atoms with van der Waals surface area (Å²) in [4.78, 5) is 27.8. The highest BCUT2D eigenvalue weighted by Gasteiger charge is 2.13. The molecule has 0 aliphatic rings. The average molecular weight is 344 g/mol. The minimum absolute atomic E-state index is 0.0350. The molecule has 2 aromatic carbocycles. The van der Waals surface area contributed by atoms with Crippen LogP contribution in [0.5, 0.6) is 0 Å². The standard InChI is InChI=1S/C21H16N2O3/c24-20(17-6-2-1-3-7-17)23-19-13-15(10-11-18(19)21(25)26)8-9-16-5-4-12-22-14-16/h1-14H,(H,23,24)(H,25,26)/b9-8+. The predicted octanol–water partition coefficient (Wildman–Crippen LogP) is 4.20. The van der Waals surface area contributed by atoms with Crippen molar-refractivity contribution >= 4 is 29.7 Å². The minimum Gasteiger partial charge on any atom is -0.478 e. The van der Waals surface area contributed by atoms with E-state index in [4.69, 9.17) is 0 Å². The first-order valence-electron chi connectivity index (χ1n) is 7.95. The lowest BCUT2D eigenvalue weighted by Crippen LogP contribution is -2.14. The van der Waals surface area contributed by atoms with Crippen LogP contribution in [-0.2, 0) is 0 Å². The normalized spacial score (nSPS) is 10.6. The summed E-state index contributed by atoms with van der Waals surface area (Å²) >= 11 is 0. The molecule has 5 nitrogen and oxygen atoms in total. The Morgan fingerprint density at radius 1 is 0.923 bits per heavy atom. The number of rotatable bonds is 5. The van der Waals surface area contributed by atoms with Gasteiger partial charge in [0, 0.05) is 18.0 Å². The molecule has 1 aromatic heterocycles. The second-order valence-electron chi connectivity index (χ2n) is 5.55. The lowest BCUT2D eigenvalue weighted by Gasteiger charge is -2.10. The molecule has 2 N–H and O–H groups in total. The lowest BCUT2D eigenvalue weighted by molar-refractivity contribution is 0.0698. The number of carbonyl (C=O) groups is 2. The molecule has 0 atom stereocenters. The zero-order valence-electron chi connectivity index (χ0n) is 13.8. The molecule has 0 fully saturated rings. The molecule has 5 heteroatoms. The first kappa shape index (κ1) is 17.1. The average Bonchev–Trinajstić information content (AvgIpc) is 2.68. The third-order valence-corrected chi connectivity index (χ3v) is 3.71. The molecule has 0 unspecified atom stereocenters. The number of anilines is 1. The Kier molecular flexibility index (Phi) is 5.19. The Balaban J connectivity index is 1.88. The Hall–Kier alpha value is -3.73. The predicted molar refractivity (Wildman–Crippen MR) is 101 cm³/mol. The van der Waals surface area contributed by atoms with Crippen LogP contribution in [0.15, 0.2) is 73.1 Å². The van der Waals surface area contributed by atoms with Crippen LogP contribution < -0.4 is 5.32 Å². The van der Waals surface area contributed by atoms with Gasteiger partial charge in [0.25, 0.3) is 5.91 Å². The van der Waals surface area contributed by atoms with Gasteiger partial charge in [0.15, 0.2) is 0 Å². The number of carboxylic acids is 1. The number of amides is 1. The smallest absolute Gasteiger partial charge is 0.337 e. The summed E-state index contributed by atoms with van der Waals surface area (Å²) in [6.07, 6.45) is 7.11. The summed E-state index contributed by atoms with van der Waals surface area (Å²) in [5, 5.41) is 12.1. The zero-order valence-corrected chi connectivity index (χ0v) is 13.8. The second kappa shape index (κ2) is 7.90. The van der Waals surface area contributed by atoms with Gasteiger partial charge in [-0.3, -0.25) is 9.78 Å². The molecule has 0 aliphatic carbocycles. The van der Waals surface area contributed by atoms with Crippen LogP contribution in [0.2, 0.25) is 0 Å². The molecule has 1 amide bonds. The molecule has 26 heavy (non-hydrogen) atoms. The zero-order chi connectivity index (χ0) is 18.4.